The van der Waals surface area contributed by atoms with Crippen LogP contribution in [0.4, 0.5) is 0 Å². The molecule has 0 aliphatic carbocycles. The molecule has 4 nitrogen and oxygen atoms in total. The van der Waals surface area contributed by atoms with Gasteiger partial charge in [-0.15, -0.1) is 4.40 Å². The third-order valence-corrected chi connectivity index (χ3v) is 6.29. The summed E-state index contributed by atoms with van der Waals surface area (Å²) in [6, 6.07) is 14.1. The first-order valence-electron chi connectivity index (χ1n) is 6.67. The van der Waals surface area contributed by atoms with Crippen LogP contribution in [0, 0.1) is 0 Å². The Labute approximate surface area is 140 Å². The molecule has 22 heavy (non-hydrogen) atoms. The van der Waals surface area contributed by atoms with E-state index in [0.717, 1.165) is 14.7 Å². The van der Waals surface area contributed by atoms with E-state index in [9.17, 15) is 8.42 Å². The van der Waals surface area contributed by atoms with Gasteiger partial charge in [-0.05, 0) is 47.1 Å². The molecule has 0 saturated carbocycles. The van der Waals surface area contributed by atoms with Crippen LogP contribution in [0.1, 0.15) is 6.92 Å². The van der Waals surface area contributed by atoms with Gasteiger partial charge in [-0.2, -0.15) is 8.42 Å². The van der Waals surface area contributed by atoms with Crippen LogP contribution in [0.5, 0.6) is 0 Å². The van der Waals surface area contributed by atoms with Gasteiger partial charge in [-0.3, -0.25) is 0 Å². The Morgan fingerprint density at radius 2 is 1.86 bits per heavy atom. The van der Waals surface area contributed by atoms with Crippen molar-refractivity contribution < 1.29 is 8.42 Å². The Morgan fingerprint density at radius 3 is 2.55 bits per heavy atom. The normalized spacial score (nSPS) is 12.9. The van der Waals surface area contributed by atoms with E-state index in [0.29, 0.717) is 11.3 Å². The van der Waals surface area contributed by atoms with Crippen LogP contribution in [0.25, 0.3) is 10.2 Å². The third-order valence-electron chi connectivity index (χ3n) is 3.21. The van der Waals surface area contributed by atoms with Crippen molar-refractivity contribution in [2.75, 3.05) is 0 Å². The van der Waals surface area contributed by atoms with Crippen LogP contribution < -0.4 is 4.80 Å². The average Bonchev–Trinajstić information content (AvgIpc) is 2.86. The number of para-hydroxylation sites is 1. The molecule has 0 radical (unpaired) electrons. The number of fused-ring (bicyclic) bond motifs is 1. The molecule has 0 aliphatic heterocycles. The lowest BCUT2D eigenvalue weighted by molar-refractivity contribution is 0.595. The average molecular weight is 397 g/mol. The minimum atomic E-state index is -3.71. The van der Waals surface area contributed by atoms with E-state index < -0.39 is 10.0 Å². The van der Waals surface area contributed by atoms with Crippen LogP contribution in [0.15, 0.2) is 62.3 Å². The van der Waals surface area contributed by atoms with E-state index in [4.69, 9.17) is 0 Å². The van der Waals surface area contributed by atoms with E-state index in [1.54, 1.807) is 30.3 Å². The number of benzene rings is 2. The lowest BCUT2D eigenvalue weighted by atomic mass is 10.3. The van der Waals surface area contributed by atoms with Crippen molar-refractivity contribution >= 4 is 47.5 Å². The first kappa shape index (κ1) is 15.5. The smallest absolute Gasteiger partial charge is 0.285 e. The molecule has 0 spiro atoms. The minimum absolute atomic E-state index is 0.203. The first-order valence-corrected chi connectivity index (χ1v) is 9.72. The summed E-state index contributed by atoms with van der Waals surface area (Å²) in [5.74, 6) is 0. The second-order valence-electron chi connectivity index (χ2n) is 4.59. The molecular weight excluding hydrogens is 384 g/mol. The number of rotatable bonds is 3. The van der Waals surface area contributed by atoms with Crippen molar-refractivity contribution in [3.05, 3.63) is 57.8 Å². The molecule has 0 amide bonds. The van der Waals surface area contributed by atoms with Crippen molar-refractivity contribution in [2.24, 2.45) is 4.40 Å². The summed E-state index contributed by atoms with van der Waals surface area (Å²) in [5, 5.41) is 0. The molecule has 0 fully saturated rings. The number of hydrogen-bond acceptors (Lipinski definition) is 3. The Bertz CT molecular complexity index is 989. The Kier molecular flexibility index (Phi) is 4.20. The summed E-state index contributed by atoms with van der Waals surface area (Å²) in [6.07, 6.45) is 0. The number of sulfonamides is 1. The maximum atomic E-state index is 12.4. The number of hydrogen-bond donors (Lipinski definition) is 0. The highest BCUT2D eigenvalue weighted by molar-refractivity contribution is 9.10. The fourth-order valence-electron chi connectivity index (χ4n) is 2.20. The molecule has 3 aromatic rings. The minimum Gasteiger partial charge on any atom is -0.315 e. The number of halogens is 1. The highest BCUT2D eigenvalue weighted by Crippen LogP contribution is 2.26. The molecule has 3 rings (SSSR count). The Balaban J connectivity index is 2.29. The lowest BCUT2D eigenvalue weighted by Gasteiger charge is -2.02. The molecule has 0 N–H and O–H groups in total. The van der Waals surface area contributed by atoms with Crippen molar-refractivity contribution in [2.45, 2.75) is 18.4 Å². The zero-order chi connectivity index (χ0) is 15.7. The van der Waals surface area contributed by atoms with E-state index in [-0.39, 0.29) is 4.90 Å². The van der Waals surface area contributed by atoms with Crippen molar-refractivity contribution in [1.82, 2.24) is 4.57 Å². The van der Waals surface area contributed by atoms with Gasteiger partial charge in [0, 0.05) is 11.0 Å². The van der Waals surface area contributed by atoms with Gasteiger partial charge in [0.05, 0.1) is 15.1 Å². The Morgan fingerprint density at radius 1 is 1.14 bits per heavy atom. The van der Waals surface area contributed by atoms with Crippen molar-refractivity contribution in [3.63, 3.8) is 0 Å². The number of thiazole rings is 1. The van der Waals surface area contributed by atoms with E-state index in [1.807, 2.05) is 29.7 Å². The molecule has 0 saturated heterocycles. The second-order valence-corrected chi connectivity index (χ2v) is 8.06. The highest BCUT2D eigenvalue weighted by Gasteiger charge is 2.14. The summed E-state index contributed by atoms with van der Waals surface area (Å²) in [7, 11) is -3.71. The van der Waals surface area contributed by atoms with E-state index >= 15 is 0 Å². The van der Waals surface area contributed by atoms with E-state index in [1.165, 1.54) is 11.3 Å². The predicted molar refractivity (Wildman–Crippen MR) is 92.4 cm³/mol. The van der Waals surface area contributed by atoms with Gasteiger partial charge >= 0.3 is 0 Å². The third kappa shape index (κ3) is 2.76. The molecule has 0 unspecified atom stereocenters. The van der Waals surface area contributed by atoms with Crippen LogP contribution in [0.3, 0.4) is 0 Å². The number of aromatic nitrogens is 1. The zero-order valence-corrected chi connectivity index (χ0v) is 15.0. The lowest BCUT2D eigenvalue weighted by Crippen LogP contribution is -2.16. The first-order chi connectivity index (χ1) is 10.5. The van der Waals surface area contributed by atoms with Gasteiger partial charge in [0.1, 0.15) is 0 Å². The zero-order valence-electron chi connectivity index (χ0n) is 11.7. The van der Waals surface area contributed by atoms with Gasteiger partial charge in [0.15, 0.2) is 0 Å². The van der Waals surface area contributed by atoms with Crippen LogP contribution in [0.2, 0.25) is 0 Å². The molecule has 1 aromatic heterocycles. The van der Waals surface area contributed by atoms with Gasteiger partial charge in [-0.25, -0.2) is 0 Å². The van der Waals surface area contributed by atoms with E-state index in [2.05, 4.69) is 20.3 Å². The largest absolute Gasteiger partial charge is 0.315 e. The van der Waals surface area contributed by atoms with Crippen LogP contribution in [-0.2, 0) is 16.6 Å². The van der Waals surface area contributed by atoms with Gasteiger partial charge in [-0.1, -0.05) is 35.6 Å². The summed E-state index contributed by atoms with van der Waals surface area (Å²) in [4.78, 5) is 0.683. The monoisotopic (exact) mass is 396 g/mol. The van der Waals surface area contributed by atoms with Gasteiger partial charge < -0.3 is 4.57 Å². The second kappa shape index (κ2) is 5.98. The summed E-state index contributed by atoms with van der Waals surface area (Å²) >= 11 is 4.89. The molecule has 1 heterocycles. The fraction of sp³-hybridized carbons (Fsp3) is 0.133. The van der Waals surface area contributed by atoms with Crippen LogP contribution >= 0.6 is 27.3 Å². The van der Waals surface area contributed by atoms with Crippen LogP contribution in [-0.4, -0.2) is 13.0 Å². The number of nitrogens with zero attached hydrogens (tertiary/aromatic N) is 2. The SMILES string of the molecule is CCn1/c(=N/S(=O)(=O)c2ccccc2)sc2cccc(Br)c21. The molecule has 7 heteroatoms. The molecule has 114 valence electrons. The fourth-order valence-corrected chi connectivity index (χ4v) is 5.25. The summed E-state index contributed by atoms with van der Waals surface area (Å²) in [6.45, 7) is 2.62. The molecule has 0 bridgehead atoms. The maximum absolute atomic E-state index is 12.4. The topological polar surface area (TPSA) is 51.4 Å². The van der Waals surface area contributed by atoms with Crippen molar-refractivity contribution in [1.29, 1.82) is 0 Å². The quantitative estimate of drug-likeness (QED) is 0.676. The summed E-state index contributed by atoms with van der Waals surface area (Å²) in [5.41, 5.74) is 0.969. The summed E-state index contributed by atoms with van der Waals surface area (Å²) < 4.78 is 32.8. The molecule has 2 aromatic carbocycles. The molecule has 0 atom stereocenters. The standard InChI is InChI=1S/C15H13BrN2O2S2/c1-2-18-14-12(16)9-6-10-13(14)21-15(18)17-22(19,20)11-7-4-3-5-8-11/h3-10H,2H2,1H3/b17-15-. The Hall–Kier alpha value is -1.44. The van der Waals surface area contributed by atoms with Crippen molar-refractivity contribution in [3.8, 4) is 0 Å². The van der Waals surface area contributed by atoms with Gasteiger partial charge in [0.2, 0.25) is 4.80 Å². The maximum Gasteiger partial charge on any atom is 0.285 e. The molecule has 0 aliphatic rings. The predicted octanol–water partition coefficient (Wildman–Crippen LogP) is 3.77. The highest BCUT2D eigenvalue weighted by atomic mass is 79.9. The molecular formula is C15H13BrN2O2S2. The number of aryl methyl sites for hydroxylation is 1. The van der Waals surface area contributed by atoms with Gasteiger partial charge in [0.25, 0.3) is 10.0 Å².